The molecular weight excluding hydrogens is 384 g/mol. The fraction of sp³-hybridized carbons (Fsp3) is 0.440. The number of benzene rings is 2. The molecule has 0 amide bonds. The van der Waals surface area contributed by atoms with Gasteiger partial charge in [-0.05, 0) is 35.6 Å². The maximum Gasteiger partial charge on any atom is 0.0780 e. The van der Waals surface area contributed by atoms with E-state index in [1.165, 1.54) is 36.0 Å². The number of hydrogen-bond donors (Lipinski definition) is 1. The topological polar surface area (TPSA) is 19.0 Å². The standard InChI is InChI=1S/C25H34N2Si2/c1-28(2,3)23-11-12-24(29(4,5)6)20-16-27-14-13-18-17-9-7-8-10-21(17)26-25(18)22(27)15-19(20)23/h7-12,22,26H,13-16H2,1-6H3/t22-/m0/s1. The zero-order chi connectivity index (χ0) is 20.6. The molecule has 0 radical (unpaired) electrons. The lowest BCUT2D eigenvalue weighted by atomic mass is 9.87. The largest absolute Gasteiger partial charge is 0.357 e. The van der Waals surface area contributed by atoms with E-state index in [1.807, 2.05) is 0 Å². The van der Waals surface area contributed by atoms with Crippen LogP contribution in [0, 0.1) is 0 Å². The number of aromatic amines is 1. The van der Waals surface area contributed by atoms with Crippen LogP contribution in [0.4, 0.5) is 0 Å². The van der Waals surface area contributed by atoms with Crippen LogP contribution in [0.15, 0.2) is 36.4 Å². The maximum absolute atomic E-state index is 3.83. The molecule has 0 saturated heterocycles. The van der Waals surface area contributed by atoms with Gasteiger partial charge in [0.1, 0.15) is 0 Å². The van der Waals surface area contributed by atoms with Crippen LogP contribution in [0.5, 0.6) is 0 Å². The first-order chi connectivity index (χ1) is 13.6. The number of fused-ring (bicyclic) bond motifs is 6. The fourth-order valence-electron chi connectivity index (χ4n) is 5.70. The summed E-state index contributed by atoms with van der Waals surface area (Å²) in [6, 6.07) is 14.4. The normalized spacial score (nSPS) is 19.7. The van der Waals surface area contributed by atoms with Crippen LogP contribution in [-0.2, 0) is 19.4 Å². The van der Waals surface area contributed by atoms with Crippen molar-refractivity contribution in [2.24, 2.45) is 0 Å². The molecule has 2 aliphatic heterocycles. The van der Waals surface area contributed by atoms with Crippen molar-refractivity contribution in [1.82, 2.24) is 9.88 Å². The first kappa shape index (κ1) is 19.3. The van der Waals surface area contributed by atoms with E-state index in [4.69, 9.17) is 0 Å². The smallest absolute Gasteiger partial charge is 0.0780 e. The average Bonchev–Trinajstić information content (AvgIpc) is 3.03. The van der Waals surface area contributed by atoms with Crippen LogP contribution < -0.4 is 10.4 Å². The zero-order valence-corrected chi connectivity index (χ0v) is 20.8. The van der Waals surface area contributed by atoms with Gasteiger partial charge in [-0.25, -0.2) is 0 Å². The minimum atomic E-state index is -1.39. The highest BCUT2D eigenvalue weighted by molar-refractivity contribution is 6.90. The van der Waals surface area contributed by atoms with E-state index in [0.717, 1.165) is 6.54 Å². The van der Waals surface area contributed by atoms with Crippen molar-refractivity contribution in [3.8, 4) is 0 Å². The summed E-state index contributed by atoms with van der Waals surface area (Å²) >= 11 is 0. The van der Waals surface area contributed by atoms with Gasteiger partial charge in [0.25, 0.3) is 0 Å². The highest BCUT2D eigenvalue weighted by Crippen LogP contribution is 2.40. The molecular formula is C25H34N2Si2. The van der Waals surface area contributed by atoms with Gasteiger partial charge in [0.2, 0.25) is 0 Å². The van der Waals surface area contributed by atoms with E-state index in [-0.39, 0.29) is 0 Å². The first-order valence-electron chi connectivity index (χ1n) is 11.1. The highest BCUT2D eigenvalue weighted by Gasteiger charge is 2.38. The van der Waals surface area contributed by atoms with Crippen molar-refractivity contribution < 1.29 is 0 Å². The molecule has 0 saturated carbocycles. The van der Waals surface area contributed by atoms with Gasteiger partial charge >= 0.3 is 0 Å². The Kier molecular flexibility index (Phi) is 4.29. The predicted molar refractivity (Wildman–Crippen MR) is 131 cm³/mol. The fourth-order valence-corrected chi connectivity index (χ4v) is 9.16. The SMILES string of the molecule is C[Si](C)(C)c1ccc([Si](C)(C)C)c2c1C[C@H]1c3[nH]c4ccccc4c3CCN1C2. The van der Waals surface area contributed by atoms with Gasteiger partial charge in [0.15, 0.2) is 0 Å². The van der Waals surface area contributed by atoms with Crippen LogP contribution in [0.25, 0.3) is 10.9 Å². The third-order valence-corrected chi connectivity index (χ3v) is 11.2. The van der Waals surface area contributed by atoms with Crippen molar-refractivity contribution in [2.45, 2.75) is 64.7 Å². The summed E-state index contributed by atoms with van der Waals surface area (Å²) in [5.41, 5.74) is 7.77. The van der Waals surface area contributed by atoms with Crippen LogP contribution in [0.1, 0.15) is 28.4 Å². The molecule has 1 N–H and O–H groups in total. The van der Waals surface area contributed by atoms with Crippen LogP contribution in [0.2, 0.25) is 39.3 Å². The van der Waals surface area contributed by atoms with Crippen molar-refractivity contribution in [3.63, 3.8) is 0 Å². The van der Waals surface area contributed by atoms with Crippen molar-refractivity contribution >= 4 is 37.4 Å². The molecule has 0 bridgehead atoms. The average molecular weight is 419 g/mol. The third-order valence-electron chi connectivity index (χ3n) is 7.08. The number of rotatable bonds is 2. The molecule has 5 rings (SSSR count). The van der Waals surface area contributed by atoms with Crippen LogP contribution >= 0.6 is 0 Å². The van der Waals surface area contributed by atoms with Gasteiger partial charge in [-0.2, -0.15) is 0 Å². The Balaban J connectivity index is 1.68. The second-order valence-corrected chi connectivity index (χ2v) is 21.2. The van der Waals surface area contributed by atoms with E-state index >= 15 is 0 Å². The van der Waals surface area contributed by atoms with E-state index in [0.29, 0.717) is 6.04 Å². The molecule has 0 unspecified atom stereocenters. The Labute approximate surface area is 177 Å². The summed E-state index contributed by atoms with van der Waals surface area (Å²) in [7, 11) is -2.76. The summed E-state index contributed by atoms with van der Waals surface area (Å²) < 4.78 is 0. The Morgan fingerprint density at radius 2 is 1.48 bits per heavy atom. The van der Waals surface area contributed by atoms with Gasteiger partial charge in [-0.1, -0.05) is 80.0 Å². The van der Waals surface area contributed by atoms with Crippen LogP contribution in [0.3, 0.4) is 0 Å². The number of hydrogen-bond acceptors (Lipinski definition) is 1. The molecule has 1 aromatic heterocycles. The summed E-state index contributed by atoms with van der Waals surface area (Å²) in [5.74, 6) is 0. The molecule has 2 nitrogen and oxygen atoms in total. The third kappa shape index (κ3) is 3.08. The number of H-pyrrole nitrogens is 1. The van der Waals surface area contributed by atoms with Gasteiger partial charge in [-0.15, -0.1) is 0 Å². The second-order valence-electron chi connectivity index (χ2n) is 11.1. The van der Waals surface area contributed by atoms with E-state index in [2.05, 4.69) is 85.6 Å². The second kappa shape index (κ2) is 6.43. The zero-order valence-electron chi connectivity index (χ0n) is 18.8. The van der Waals surface area contributed by atoms with E-state index < -0.39 is 16.1 Å². The molecule has 0 aliphatic carbocycles. The monoisotopic (exact) mass is 418 g/mol. The Morgan fingerprint density at radius 3 is 2.17 bits per heavy atom. The molecule has 4 heteroatoms. The summed E-state index contributed by atoms with van der Waals surface area (Å²) in [6.07, 6.45) is 2.34. The molecule has 152 valence electrons. The molecule has 2 aliphatic rings. The van der Waals surface area contributed by atoms with Gasteiger partial charge in [0, 0.05) is 29.7 Å². The molecule has 29 heavy (non-hydrogen) atoms. The summed E-state index contributed by atoms with van der Waals surface area (Å²) in [4.78, 5) is 6.59. The summed E-state index contributed by atoms with van der Waals surface area (Å²) in [5, 5.41) is 4.82. The molecule has 2 aromatic carbocycles. The molecule has 3 aromatic rings. The minimum absolute atomic E-state index is 0.505. The lowest BCUT2D eigenvalue weighted by molar-refractivity contribution is 0.159. The lowest BCUT2D eigenvalue weighted by Crippen LogP contribution is -2.51. The predicted octanol–water partition coefficient (Wildman–Crippen LogP) is 4.91. The number of aromatic nitrogens is 1. The Morgan fingerprint density at radius 1 is 0.828 bits per heavy atom. The highest BCUT2D eigenvalue weighted by atomic mass is 28.3. The molecule has 0 spiro atoms. The summed E-state index contributed by atoms with van der Waals surface area (Å²) in [6.45, 7) is 17.4. The molecule has 0 fully saturated rings. The minimum Gasteiger partial charge on any atom is -0.357 e. The number of nitrogens with zero attached hydrogens (tertiary/aromatic N) is 1. The Hall–Kier alpha value is -1.63. The van der Waals surface area contributed by atoms with E-state index in [9.17, 15) is 0 Å². The number of nitrogens with one attached hydrogen (secondary N) is 1. The maximum atomic E-state index is 3.83. The van der Waals surface area contributed by atoms with E-state index in [1.54, 1.807) is 27.1 Å². The molecule has 1 atom stereocenters. The van der Waals surface area contributed by atoms with Gasteiger partial charge in [0.05, 0.1) is 22.2 Å². The first-order valence-corrected chi connectivity index (χ1v) is 18.1. The van der Waals surface area contributed by atoms with Crippen molar-refractivity contribution in [2.75, 3.05) is 6.54 Å². The number of para-hydroxylation sites is 1. The van der Waals surface area contributed by atoms with Gasteiger partial charge < -0.3 is 4.98 Å². The lowest BCUT2D eigenvalue weighted by Gasteiger charge is -2.43. The van der Waals surface area contributed by atoms with Gasteiger partial charge in [-0.3, -0.25) is 4.90 Å². The van der Waals surface area contributed by atoms with Crippen molar-refractivity contribution in [1.29, 1.82) is 0 Å². The van der Waals surface area contributed by atoms with Crippen LogP contribution in [-0.4, -0.2) is 32.6 Å². The van der Waals surface area contributed by atoms with Crippen molar-refractivity contribution in [3.05, 3.63) is 58.8 Å². The Bertz CT molecular complexity index is 1100. The quantitative estimate of drug-likeness (QED) is 0.586. The molecule has 3 heterocycles.